The van der Waals surface area contributed by atoms with Crippen LogP contribution in [0.1, 0.15) is 39.8 Å². The summed E-state index contributed by atoms with van der Waals surface area (Å²) >= 11 is 1.26. The molecule has 5 heteroatoms. The molecule has 2 heterocycles. The van der Waals surface area contributed by atoms with Crippen molar-refractivity contribution in [2.75, 3.05) is 13.1 Å². The van der Waals surface area contributed by atoms with E-state index in [2.05, 4.69) is 42.9 Å². The van der Waals surface area contributed by atoms with Gasteiger partial charge in [-0.05, 0) is 11.8 Å². The van der Waals surface area contributed by atoms with E-state index >= 15 is 0 Å². The van der Waals surface area contributed by atoms with Gasteiger partial charge in [-0.2, -0.15) is 0 Å². The standard InChI is InChI=1S/C15H27N3OS/c1-5-11(4)13-8-18(14(6-16-13)10(2)3)7-12-9-20-15(19)17-12/h9-11,13-14,16H,5-8H2,1-4H3,(H,17,19). The molecule has 0 saturated carbocycles. The van der Waals surface area contributed by atoms with E-state index in [1.54, 1.807) is 0 Å². The molecule has 0 bridgehead atoms. The molecule has 1 saturated heterocycles. The molecule has 20 heavy (non-hydrogen) atoms. The van der Waals surface area contributed by atoms with E-state index in [1.807, 2.05) is 5.38 Å². The second-order valence-corrected chi connectivity index (χ2v) is 7.16. The number of nitrogens with zero attached hydrogens (tertiary/aromatic N) is 1. The second kappa shape index (κ2) is 6.87. The highest BCUT2D eigenvalue weighted by Crippen LogP contribution is 2.21. The van der Waals surface area contributed by atoms with E-state index < -0.39 is 0 Å². The molecule has 0 amide bonds. The lowest BCUT2D eigenvalue weighted by molar-refractivity contribution is 0.0743. The number of hydrogen-bond acceptors (Lipinski definition) is 4. The summed E-state index contributed by atoms with van der Waals surface area (Å²) in [6.07, 6.45) is 1.20. The molecule has 4 nitrogen and oxygen atoms in total. The Hall–Kier alpha value is -0.650. The van der Waals surface area contributed by atoms with Gasteiger partial charge in [-0.15, -0.1) is 0 Å². The topological polar surface area (TPSA) is 48.1 Å². The van der Waals surface area contributed by atoms with E-state index in [0.29, 0.717) is 23.9 Å². The Balaban J connectivity index is 2.08. The fourth-order valence-corrected chi connectivity index (χ4v) is 3.54. The van der Waals surface area contributed by atoms with Gasteiger partial charge in [0.05, 0.1) is 0 Å². The van der Waals surface area contributed by atoms with Gasteiger partial charge in [-0.25, -0.2) is 0 Å². The molecule has 1 aromatic rings. The van der Waals surface area contributed by atoms with Crippen molar-refractivity contribution in [1.29, 1.82) is 0 Å². The third-order valence-electron chi connectivity index (χ3n) is 4.53. The monoisotopic (exact) mass is 297 g/mol. The van der Waals surface area contributed by atoms with Crippen LogP contribution < -0.4 is 10.2 Å². The Morgan fingerprint density at radius 2 is 2.20 bits per heavy atom. The van der Waals surface area contributed by atoms with Gasteiger partial charge in [0.2, 0.25) is 0 Å². The number of thiazole rings is 1. The molecule has 2 N–H and O–H groups in total. The van der Waals surface area contributed by atoms with Gasteiger partial charge in [0.25, 0.3) is 0 Å². The number of nitrogens with one attached hydrogen (secondary N) is 2. The first-order chi connectivity index (χ1) is 9.51. The summed E-state index contributed by atoms with van der Waals surface area (Å²) in [4.78, 5) is 16.8. The van der Waals surface area contributed by atoms with Crippen LogP contribution in [0.15, 0.2) is 10.2 Å². The molecule has 1 aromatic heterocycles. The second-order valence-electron chi connectivity index (χ2n) is 6.31. The minimum atomic E-state index is 0.0507. The van der Waals surface area contributed by atoms with Crippen LogP contribution in [-0.2, 0) is 6.54 Å². The van der Waals surface area contributed by atoms with Crippen LogP contribution in [0.3, 0.4) is 0 Å². The van der Waals surface area contributed by atoms with Gasteiger partial charge in [0, 0.05) is 42.8 Å². The van der Waals surface area contributed by atoms with Crippen LogP contribution in [-0.4, -0.2) is 35.1 Å². The van der Waals surface area contributed by atoms with Gasteiger partial charge < -0.3 is 10.3 Å². The lowest BCUT2D eigenvalue weighted by Gasteiger charge is -2.44. The van der Waals surface area contributed by atoms with Crippen LogP contribution in [0.25, 0.3) is 0 Å². The molecule has 1 aliphatic rings. The first kappa shape index (κ1) is 15.7. The van der Waals surface area contributed by atoms with Crippen LogP contribution in [0.2, 0.25) is 0 Å². The summed E-state index contributed by atoms with van der Waals surface area (Å²) in [7, 11) is 0. The zero-order valence-corrected chi connectivity index (χ0v) is 13.8. The van der Waals surface area contributed by atoms with Crippen molar-refractivity contribution >= 4 is 11.3 Å². The van der Waals surface area contributed by atoms with E-state index in [9.17, 15) is 4.79 Å². The van der Waals surface area contributed by atoms with Gasteiger partial charge in [-0.1, -0.05) is 45.5 Å². The maximum absolute atomic E-state index is 11.3. The molecule has 0 spiro atoms. The molecule has 2 rings (SSSR count). The normalized spacial score (nSPS) is 26.1. The van der Waals surface area contributed by atoms with E-state index in [0.717, 1.165) is 25.3 Å². The zero-order chi connectivity index (χ0) is 14.7. The average Bonchev–Trinajstić information content (AvgIpc) is 2.82. The third kappa shape index (κ3) is 3.71. The first-order valence-corrected chi connectivity index (χ1v) is 8.53. The van der Waals surface area contributed by atoms with Crippen LogP contribution in [0.4, 0.5) is 0 Å². The van der Waals surface area contributed by atoms with Gasteiger partial charge >= 0.3 is 4.87 Å². The summed E-state index contributed by atoms with van der Waals surface area (Å²) < 4.78 is 0. The van der Waals surface area contributed by atoms with Crippen molar-refractivity contribution in [2.24, 2.45) is 11.8 Å². The molecule has 3 atom stereocenters. The van der Waals surface area contributed by atoms with Crippen LogP contribution in [0, 0.1) is 11.8 Å². The van der Waals surface area contributed by atoms with Crippen molar-refractivity contribution < 1.29 is 0 Å². The quantitative estimate of drug-likeness (QED) is 0.876. The van der Waals surface area contributed by atoms with E-state index in [1.165, 1.54) is 17.8 Å². The predicted octanol–water partition coefficient (Wildman–Crippen LogP) is 2.28. The Morgan fingerprint density at radius 1 is 1.45 bits per heavy atom. The Labute approximate surface area is 125 Å². The van der Waals surface area contributed by atoms with Crippen molar-refractivity contribution in [3.8, 4) is 0 Å². The largest absolute Gasteiger partial charge is 0.315 e. The Bertz CT molecular complexity index is 468. The fourth-order valence-electron chi connectivity index (χ4n) is 2.97. The van der Waals surface area contributed by atoms with Crippen molar-refractivity contribution in [2.45, 2.75) is 52.7 Å². The Kier molecular flexibility index (Phi) is 5.41. The summed E-state index contributed by atoms with van der Waals surface area (Å²) in [6, 6.07) is 1.10. The van der Waals surface area contributed by atoms with Crippen molar-refractivity contribution in [3.05, 3.63) is 20.7 Å². The van der Waals surface area contributed by atoms with Gasteiger partial charge in [-0.3, -0.25) is 9.69 Å². The molecular weight excluding hydrogens is 270 g/mol. The highest BCUT2D eigenvalue weighted by Gasteiger charge is 2.31. The molecule has 3 unspecified atom stereocenters. The number of aromatic amines is 1. The lowest BCUT2D eigenvalue weighted by Crippen LogP contribution is -2.59. The molecule has 1 aliphatic heterocycles. The maximum atomic E-state index is 11.3. The smallest absolute Gasteiger partial charge is 0.304 e. The van der Waals surface area contributed by atoms with Crippen molar-refractivity contribution in [3.63, 3.8) is 0 Å². The molecule has 0 aliphatic carbocycles. The van der Waals surface area contributed by atoms with E-state index in [4.69, 9.17) is 0 Å². The fraction of sp³-hybridized carbons (Fsp3) is 0.800. The highest BCUT2D eigenvalue weighted by molar-refractivity contribution is 7.07. The minimum absolute atomic E-state index is 0.0507. The highest BCUT2D eigenvalue weighted by atomic mass is 32.1. The number of hydrogen-bond donors (Lipinski definition) is 2. The number of piperazine rings is 1. The number of H-pyrrole nitrogens is 1. The summed E-state index contributed by atoms with van der Waals surface area (Å²) in [6.45, 7) is 12.1. The first-order valence-electron chi connectivity index (χ1n) is 7.65. The average molecular weight is 297 g/mol. The van der Waals surface area contributed by atoms with Crippen molar-refractivity contribution in [1.82, 2.24) is 15.2 Å². The van der Waals surface area contributed by atoms with E-state index in [-0.39, 0.29) is 4.87 Å². The maximum Gasteiger partial charge on any atom is 0.304 e. The predicted molar refractivity (Wildman–Crippen MR) is 85.2 cm³/mol. The summed E-state index contributed by atoms with van der Waals surface area (Å²) in [5.41, 5.74) is 1.05. The zero-order valence-electron chi connectivity index (χ0n) is 13.0. The molecule has 0 aromatic carbocycles. The van der Waals surface area contributed by atoms with Crippen LogP contribution >= 0.6 is 11.3 Å². The Morgan fingerprint density at radius 3 is 2.75 bits per heavy atom. The molecule has 1 fully saturated rings. The third-order valence-corrected chi connectivity index (χ3v) is 5.25. The molecular formula is C15H27N3OS. The minimum Gasteiger partial charge on any atom is -0.315 e. The lowest BCUT2D eigenvalue weighted by atomic mass is 9.92. The number of rotatable bonds is 5. The summed E-state index contributed by atoms with van der Waals surface area (Å²) in [5.74, 6) is 1.30. The van der Waals surface area contributed by atoms with Crippen LogP contribution in [0.5, 0.6) is 0 Å². The van der Waals surface area contributed by atoms with Gasteiger partial charge in [0.15, 0.2) is 0 Å². The SMILES string of the molecule is CCC(C)C1CN(Cc2csc(=O)[nH]2)C(C(C)C)CN1. The molecule has 0 radical (unpaired) electrons. The summed E-state index contributed by atoms with van der Waals surface area (Å²) in [5, 5.41) is 5.67. The number of aromatic nitrogens is 1. The van der Waals surface area contributed by atoms with Gasteiger partial charge in [0.1, 0.15) is 0 Å². The molecule has 114 valence electrons.